The molecule has 1 aromatic carbocycles. The monoisotopic (exact) mass is 360 g/mol. The molecule has 2 heterocycles. The van der Waals surface area contributed by atoms with Gasteiger partial charge in [0.1, 0.15) is 17.1 Å². The van der Waals surface area contributed by atoms with E-state index in [4.69, 9.17) is 4.74 Å². The van der Waals surface area contributed by atoms with Crippen molar-refractivity contribution in [3.8, 4) is 0 Å². The van der Waals surface area contributed by atoms with Gasteiger partial charge < -0.3 is 10.1 Å². The van der Waals surface area contributed by atoms with Crippen LogP contribution in [-0.4, -0.2) is 47.0 Å². The van der Waals surface area contributed by atoms with Crippen LogP contribution in [0.5, 0.6) is 0 Å². The van der Waals surface area contributed by atoms with E-state index in [9.17, 15) is 14.4 Å². The second-order valence-electron chi connectivity index (χ2n) is 6.06. The van der Waals surface area contributed by atoms with E-state index in [-0.39, 0.29) is 17.2 Å². The first kappa shape index (κ1) is 17.5. The summed E-state index contributed by atoms with van der Waals surface area (Å²) in [5, 5.41) is 2.56. The largest absolute Gasteiger partial charge is 0.464 e. The molecule has 2 aliphatic rings. The van der Waals surface area contributed by atoms with Gasteiger partial charge >= 0.3 is 5.97 Å². The van der Waals surface area contributed by atoms with Crippen LogP contribution in [0.25, 0.3) is 0 Å². The molecule has 2 aliphatic heterocycles. The third-order valence-electron chi connectivity index (χ3n) is 4.34. The van der Waals surface area contributed by atoms with E-state index in [0.29, 0.717) is 24.3 Å². The first-order valence-corrected chi connectivity index (χ1v) is 9.14. The number of esters is 1. The Morgan fingerprint density at radius 1 is 1.32 bits per heavy atom. The first-order valence-electron chi connectivity index (χ1n) is 8.09. The number of carbonyl (C=O) groups is 3. The number of hydrogen-bond acceptors (Lipinski definition) is 5. The fourth-order valence-electron chi connectivity index (χ4n) is 3.01. The van der Waals surface area contributed by atoms with Crippen LogP contribution < -0.4 is 5.32 Å². The standard InChI is InChI=1S/C18H20N2O4S/c1-11-10-25-17-14(16(22)20(17)15(11)18(23)24-2)19-13(21)9-8-12-6-4-3-5-7-12/h3-7,14,17H,8-10H2,1-2H3,(H,19,21)/t14-,17-/m1/s1. The molecule has 0 saturated carbocycles. The molecule has 7 heteroatoms. The number of β-lactam (4-membered cyclic amide) rings is 1. The maximum absolute atomic E-state index is 12.4. The van der Waals surface area contributed by atoms with Gasteiger partial charge in [-0.15, -0.1) is 11.8 Å². The van der Waals surface area contributed by atoms with Gasteiger partial charge in [0.25, 0.3) is 5.91 Å². The lowest BCUT2D eigenvalue weighted by atomic mass is 10.0. The van der Waals surface area contributed by atoms with Crippen molar-refractivity contribution in [1.82, 2.24) is 10.2 Å². The summed E-state index contributed by atoms with van der Waals surface area (Å²) in [6.45, 7) is 1.81. The Kier molecular flexibility index (Phi) is 5.13. The zero-order valence-corrected chi connectivity index (χ0v) is 15.0. The molecular formula is C18H20N2O4S. The second-order valence-corrected chi connectivity index (χ2v) is 7.17. The van der Waals surface area contributed by atoms with Crippen LogP contribution in [0.1, 0.15) is 18.9 Å². The number of nitrogens with zero attached hydrogens (tertiary/aromatic N) is 1. The molecule has 1 saturated heterocycles. The number of carbonyl (C=O) groups excluding carboxylic acids is 3. The zero-order valence-electron chi connectivity index (χ0n) is 14.2. The lowest BCUT2D eigenvalue weighted by Gasteiger charge is -2.49. The topological polar surface area (TPSA) is 75.7 Å². The van der Waals surface area contributed by atoms with E-state index < -0.39 is 12.0 Å². The summed E-state index contributed by atoms with van der Waals surface area (Å²) in [6, 6.07) is 9.15. The SMILES string of the molecule is COC(=O)C1=C(C)CS[C@@H]2[C@H](NC(=O)CCc3ccccc3)C(=O)N12. The van der Waals surface area contributed by atoms with Crippen molar-refractivity contribution in [2.45, 2.75) is 31.2 Å². The highest BCUT2D eigenvalue weighted by molar-refractivity contribution is 8.00. The normalized spacial score (nSPS) is 22.2. The number of nitrogens with one attached hydrogen (secondary N) is 1. The van der Waals surface area contributed by atoms with Crippen LogP contribution in [0.3, 0.4) is 0 Å². The molecule has 0 bridgehead atoms. The minimum Gasteiger partial charge on any atom is -0.464 e. The van der Waals surface area contributed by atoms with E-state index in [1.807, 2.05) is 37.3 Å². The van der Waals surface area contributed by atoms with Crippen molar-refractivity contribution >= 4 is 29.5 Å². The van der Waals surface area contributed by atoms with E-state index >= 15 is 0 Å². The molecule has 0 aromatic heterocycles. The van der Waals surface area contributed by atoms with Gasteiger partial charge in [0.2, 0.25) is 5.91 Å². The summed E-state index contributed by atoms with van der Waals surface area (Å²) >= 11 is 1.55. The summed E-state index contributed by atoms with van der Waals surface area (Å²) in [6.07, 6.45) is 0.950. The summed E-state index contributed by atoms with van der Waals surface area (Å²) in [5.41, 5.74) is 2.21. The maximum atomic E-state index is 12.4. The van der Waals surface area contributed by atoms with Crippen LogP contribution >= 0.6 is 11.8 Å². The Bertz CT molecular complexity index is 732. The number of rotatable bonds is 5. The molecule has 2 atom stereocenters. The molecule has 3 rings (SSSR count). The molecule has 1 aromatic rings. The van der Waals surface area contributed by atoms with Gasteiger partial charge in [-0.05, 0) is 24.5 Å². The Morgan fingerprint density at radius 2 is 2.04 bits per heavy atom. The number of methoxy groups -OCH3 is 1. The summed E-state index contributed by atoms with van der Waals surface area (Å²) in [7, 11) is 1.30. The molecule has 1 N–H and O–H groups in total. The third kappa shape index (κ3) is 3.42. The van der Waals surface area contributed by atoms with Crippen molar-refractivity contribution < 1.29 is 19.1 Å². The summed E-state index contributed by atoms with van der Waals surface area (Å²) in [5.74, 6) is -0.293. The van der Waals surface area contributed by atoms with Gasteiger partial charge in [0, 0.05) is 12.2 Å². The number of benzene rings is 1. The van der Waals surface area contributed by atoms with Gasteiger partial charge in [0.05, 0.1) is 7.11 Å². The maximum Gasteiger partial charge on any atom is 0.354 e. The Morgan fingerprint density at radius 3 is 2.72 bits per heavy atom. The third-order valence-corrected chi connectivity index (χ3v) is 5.76. The number of amides is 2. The molecule has 25 heavy (non-hydrogen) atoms. The van der Waals surface area contributed by atoms with Crippen molar-refractivity contribution in [2.24, 2.45) is 0 Å². The molecule has 6 nitrogen and oxygen atoms in total. The van der Waals surface area contributed by atoms with Crippen LogP contribution in [0.15, 0.2) is 41.6 Å². The lowest BCUT2D eigenvalue weighted by molar-refractivity contribution is -0.151. The highest BCUT2D eigenvalue weighted by Gasteiger charge is 2.53. The quantitative estimate of drug-likeness (QED) is 0.636. The van der Waals surface area contributed by atoms with E-state index in [0.717, 1.165) is 11.1 Å². The van der Waals surface area contributed by atoms with E-state index in [1.165, 1.54) is 12.0 Å². The van der Waals surface area contributed by atoms with Crippen LogP contribution in [0, 0.1) is 0 Å². The Labute approximate surface area is 150 Å². The van der Waals surface area contributed by atoms with Gasteiger partial charge in [-0.2, -0.15) is 0 Å². The number of ether oxygens (including phenoxy) is 1. The summed E-state index contributed by atoms with van der Waals surface area (Å²) in [4.78, 5) is 38.0. The molecule has 2 amide bonds. The minimum absolute atomic E-state index is 0.159. The molecule has 0 radical (unpaired) electrons. The van der Waals surface area contributed by atoms with E-state index in [1.54, 1.807) is 11.8 Å². The van der Waals surface area contributed by atoms with Crippen molar-refractivity contribution in [1.29, 1.82) is 0 Å². The van der Waals surface area contributed by atoms with Crippen LogP contribution in [-0.2, 0) is 25.5 Å². The smallest absolute Gasteiger partial charge is 0.354 e. The molecular weight excluding hydrogens is 340 g/mol. The van der Waals surface area contributed by atoms with Crippen molar-refractivity contribution in [2.75, 3.05) is 12.9 Å². The molecule has 132 valence electrons. The summed E-state index contributed by atoms with van der Waals surface area (Å²) < 4.78 is 4.78. The van der Waals surface area contributed by atoms with Crippen molar-refractivity contribution in [3.05, 3.63) is 47.2 Å². The van der Waals surface area contributed by atoms with Crippen molar-refractivity contribution in [3.63, 3.8) is 0 Å². The molecule has 0 spiro atoms. The minimum atomic E-state index is -0.582. The van der Waals surface area contributed by atoms with Crippen LogP contribution in [0.4, 0.5) is 0 Å². The molecule has 0 aliphatic carbocycles. The highest BCUT2D eigenvalue weighted by Crippen LogP contribution is 2.40. The fourth-order valence-corrected chi connectivity index (χ4v) is 4.30. The highest BCUT2D eigenvalue weighted by atomic mass is 32.2. The predicted molar refractivity (Wildman–Crippen MR) is 94.5 cm³/mol. The number of thioether (sulfide) groups is 1. The van der Waals surface area contributed by atoms with Gasteiger partial charge in [0.15, 0.2) is 0 Å². The number of fused-ring (bicyclic) bond motifs is 1. The number of hydrogen-bond donors (Lipinski definition) is 1. The van der Waals surface area contributed by atoms with E-state index in [2.05, 4.69) is 5.32 Å². The Hall–Kier alpha value is -2.28. The second kappa shape index (κ2) is 7.31. The predicted octanol–water partition coefficient (Wildman–Crippen LogP) is 1.47. The average molecular weight is 360 g/mol. The zero-order chi connectivity index (χ0) is 18.0. The molecule has 0 unspecified atom stereocenters. The average Bonchev–Trinajstić information content (AvgIpc) is 2.64. The van der Waals surface area contributed by atoms with Gasteiger partial charge in [-0.25, -0.2) is 4.79 Å². The first-order chi connectivity index (χ1) is 12.0. The lowest BCUT2D eigenvalue weighted by Crippen LogP contribution is -2.70. The van der Waals surface area contributed by atoms with Gasteiger partial charge in [-0.3, -0.25) is 14.5 Å². The fraction of sp³-hybridized carbons (Fsp3) is 0.389. The van der Waals surface area contributed by atoms with Gasteiger partial charge in [-0.1, -0.05) is 30.3 Å². The van der Waals surface area contributed by atoms with Crippen LogP contribution in [0.2, 0.25) is 0 Å². The number of aryl methyl sites for hydroxylation is 1. The molecule has 1 fully saturated rings. The Balaban J connectivity index is 1.60.